The van der Waals surface area contributed by atoms with Gasteiger partial charge in [-0.25, -0.2) is 0 Å². The maximum atomic E-state index is 13.4. The maximum absolute atomic E-state index is 13.4. The molecule has 0 unspecified atom stereocenters. The van der Waals surface area contributed by atoms with Gasteiger partial charge in [0.25, 0.3) is 0 Å². The molecule has 34 heavy (non-hydrogen) atoms. The van der Waals surface area contributed by atoms with Gasteiger partial charge in [-0.2, -0.15) is 0 Å². The molecule has 2 atom stereocenters. The number of carbonyl (C=O) groups is 2. The molecule has 0 aromatic heterocycles. The molecule has 0 aliphatic carbocycles. The Labute approximate surface area is 211 Å². The van der Waals surface area contributed by atoms with Gasteiger partial charge < -0.3 is 14.7 Å². The van der Waals surface area contributed by atoms with Crippen LogP contribution in [0.5, 0.6) is 0 Å². The highest BCUT2D eigenvalue weighted by Gasteiger charge is 2.48. The van der Waals surface area contributed by atoms with Crippen LogP contribution >= 0.6 is 15.9 Å². The van der Waals surface area contributed by atoms with E-state index in [0.717, 1.165) is 63.0 Å². The quantitative estimate of drug-likeness (QED) is 0.578. The number of piperidine rings is 1. The van der Waals surface area contributed by atoms with Crippen molar-refractivity contribution in [2.75, 3.05) is 39.3 Å². The lowest BCUT2D eigenvalue weighted by atomic mass is 9.76. The summed E-state index contributed by atoms with van der Waals surface area (Å²) in [6.07, 6.45) is 2.87. The molecular weight excluding hydrogens is 490 g/mol. The molecule has 3 saturated heterocycles. The van der Waals surface area contributed by atoms with E-state index in [-0.39, 0.29) is 11.3 Å². The van der Waals surface area contributed by atoms with E-state index in [1.165, 1.54) is 11.1 Å². The molecule has 3 heterocycles. The summed E-state index contributed by atoms with van der Waals surface area (Å²) in [6.45, 7) is 7.82. The van der Waals surface area contributed by atoms with Crippen molar-refractivity contribution in [1.82, 2.24) is 14.7 Å². The molecule has 6 heteroatoms. The Morgan fingerprint density at radius 2 is 1.65 bits per heavy atom. The van der Waals surface area contributed by atoms with Gasteiger partial charge in [0.05, 0.1) is 5.41 Å². The number of halogens is 1. The Morgan fingerprint density at radius 3 is 2.32 bits per heavy atom. The lowest BCUT2D eigenvalue weighted by molar-refractivity contribution is -0.139. The van der Waals surface area contributed by atoms with Crippen LogP contribution in [0.25, 0.3) is 0 Å². The molecule has 5 rings (SSSR count). The summed E-state index contributed by atoms with van der Waals surface area (Å²) in [6, 6.07) is 18.9. The molecule has 2 aromatic rings. The molecule has 3 aliphatic heterocycles. The third-order valence-electron chi connectivity index (χ3n) is 8.31. The monoisotopic (exact) mass is 523 g/mol. The van der Waals surface area contributed by atoms with Crippen molar-refractivity contribution in [1.29, 1.82) is 0 Å². The van der Waals surface area contributed by atoms with Gasteiger partial charge in [-0.3, -0.25) is 9.59 Å². The Balaban J connectivity index is 1.20. The summed E-state index contributed by atoms with van der Waals surface area (Å²) in [5.41, 5.74) is 2.35. The van der Waals surface area contributed by atoms with Crippen LogP contribution in [0.1, 0.15) is 43.2 Å². The second-order valence-electron chi connectivity index (χ2n) is 10.4. The Kier molecular flexibility index (Phi) is 6.81. The van der Waals surface area contributed by atoms with Gasteiger partial charge in [0.1, 0.15) is 0 Å². The Hall–Kier alpha value is -2.18. The molecule has 2 aromatic carbocycles. The number of benzene rings is 2. The lowest BCUT2D eigenvalue weighted by Crippen LogP contribution is -2.46. The van der Waals surface area contributed by atoms with Gasteiger partial charge in [-0.1, -0.05) is 58.4 Å². The highest BCUT2D eigenvalue weighted by atomic mass is 79.9. The van der Waals surface area contributed by atoms with Gasteiger partial charge in [0.15, 0.2) is 0 Å². The summed E-state index contributed by atoms with van der Waals surface area (Å²) in [7, 11) is 0. The third kappa shape index (κ3) is 4.80. The zero-order valence-electron chi connectivity index (χ0n) is 20.0. The molecule has 5 nitrogen and oxygen atoms in total. The van der Waals surface area contributed by atoms with Crippen molar-refractivity contribution >= 4 is 27.7 Å². The molecule has 180 valence electrons. The van der Waals surface area contributed by atoms with E-state index in [1.807, 2.05) is 17.0 Å². The summed E-state index contributed by atoms with van der Waals surface area (Å²) in [5, 5.41) is 0. The predicted molar refractivity (Wildman–Crippen MR) is 137 cm³/mol. The van der Waals surface area contributed by atoms with Crippen molar-refractivity contribution in [3.8, 4) is 0 Å². The summed E-state index contributed by atoms with van der Waals surface area (Å²) >= 11 is 3.49. The van der Waals surface area contributed by atoms with Crippen molar-refractivity contribution in [3.05, 3.63) is 70.2 Å². The van der Waals surface area contributed by atoms with Crippen LogP contribution in [0, 0.1) is 11.3 Å². The van der Waals surface area contributed by atoms with E-state index in [4.69, 9.17) is 0 Å². The normalized spacial score (nSPS) is 24.8. The second-order valence-corrected chi connectivity index (χ2v) is 11.3. The zero-order chi connectivity index (χ0) is 23.7. The average molecular weight is 525 g/mol. The third-order valence-corrected chi connectivity index (χ3v) is 8.84. The van der Waals surface area contributed by atoms with Crippen LogP contribution in [0.4, 0.5) is 0 Å². The largest absolute Gasteiger partial charge is 0.342 e. The number of hydrogen-bond donors (Lipinski definition) is 0. The van der Waals surface area contributed by atoms with Crippen LogP contribution in [0.15, 0.2) is 59.1 Å². The molecule has 0 saturated carbocycles. The summed E-state index contributed by atoms with van der Waals surface area (Å²) in [4.78, 5) is 32.1. The average Bonchev–Trinajstić information content (AvgIpc) is 3.40. The molecule has 0 bridgehead atoms. The molecule has 1 spiro atoms. The number of carbonyl (C=O) groups excluding carboxylic acids is 2. The van der Waals surface area contributed by atoms with Gasteiger partial charge in [-0.15, -0.1) is 0 Å². The molecule has 3 fully saturated rings. The van der Waals surface area contributed by atoms with Gasteiger partial charge in [-0.05, 0) is 61.5 Å². The topological polar surface area (TPSA) is 43.9 Å². The van der Waals surface area contributed by atoms with Crippen molar-refractivity contribution in [3.63, 3.8) is 0 Å². The zero-order valence-corrected chi connectivity index (χ0v) is 21.5. The molecule has 2 amide bonds. The second kappa shape index (κ2) is 9.82. The number of rotatable bonds is 5. The summed E-state index contributed by atoms with van der Waals surface area (Å²) in [5.74, 6) is 1.34. The van der Waals surface area contributed by atoms with Gasteiger partial charge in [0, 0.05) is 50.0 Å². The van der Waals surface area contributed by atoms with Crippen LogP contribution in [-0.4, -0.2) is 65.8 Å². The van der Waals surface area contributed by atoms with Crippen LogP contribution in [0.3, 0.4) is 0 Å². The minimum Gasteiger partial charge on any atom is -0.342 e. The van der Waals surface area contributed by atoms with Gasteiger partial charge in [0.2, 0.25) is 11.8 Å². The molecule has 0 radical (unpaired) electrons. The predicted octanol–water partition coefficient (Wildman–Crippen LogP) is 4.53. The fraction of sp³-hybridized carbons (Fsp3) is 0.500. The fourth-order valence-corrected chi connectivity index (χ4v) is 6.47. The molecule has 3 aliphatic rings. The first-order valence-corrected chi connectivity index (χ1v) is 13.3. The SMILES string of the molecule is CC(=O)N1C[C@H](CN2CCC3(CC2)CCN(Cc2ccc(Br)cc2)C3=O)[C@@H](c2ccccc2)C1. The lowest BCUT2D eigenvalue weighted by Gasteiger charge is -2.39. The number of likely N-dealkylation sites (tertiary alicyclic amines) is 3. The van der Waals surface area contributed by atoms with Crippen molar-refractivity contribution < 1.29 is 9.59 Å². The highest BCUT2D eigenvalue weighted by Crippen LogP contribution is 2.43. The van der Waals surface area contributed by atoms with Crippen LogP contribution in [0.2, 0.25) is 0 Å². The van der Waals surface area contributed by atoms with Crippen molar-refractivity contribution in [2.24, 2.45) is 11.3 Å². The number of hydrogen-bond acceptors (Lipinski definition) is 3. The standard InChI is InChI=1S/C28H34BrN3O2/c1-21(33)32-19-24(26(20-32)23-5-3-2-4-6-23)18-30-14-11-28(12-15-30)13-16-31(27(28)34)17-22-7-9-25(29)10-8-22/h2-10,24,26H,11-20H2,1H3/t24-,26+/m0/s1. The minimum atomic E-state index is -0.175. The van der Waals surface area contributed by atoms with Crippen molar-refractivity contribution in [2.45, 2.75) is 38.6 Å². The first-order valence-electron chi connectivity index (χ1n) is 12.5. The molecule has 0 N–H and O–H groups in total. The fourth-order valence-electron chi connectivity index (χ4n) is 6.20. The summed E-state index contributed by atoms with van der Waals surface area (Å²) < 4.78 is 1.07. The maximum Gasteiger partial charge on any atom is 0.229 e. The molecular formula is C28H34BrN3O2. The Morgan fingerprint density at radius 1 is 0.971 bits per heavy atom. The first kappa shape index (κ1) is 23.6. The van der Waals surface area contributed by atoms with E-state index < -0.39 is 0 Å². The van der Waals surface area contributed by atoms with Crippen LogP contribution in [-0.2, 0) is 16.1 Å². The Bertz CT molecular complexity index is 1020. The van der Waals surface area contributed by atoms with Crippen LogP contribution < -0.4 is 0 Å². The van der Waals surface area contributed by atoms with E-state index in [0.29, 0.717) is 24.3 Å². The smallest absolute Gasteiger partial charge is 0.229 e. The van der Waals surface area contributed by atoms with E-state index in [2.05, 4.69) is 68.2 Å². The minimum absolute atomic E-state index is 0.170. The first-order chi connectivity index (χ1) is 16.4. The number of amides is 2. The number of nitrogens with zero attached hydrogens (tertiary/aromatic N) is 3. The van der Waals surface area contributed by atoms with E-state index >= 15 is 0 Å². The van der Waals surface area contributed by atoms with E-state index in [9.17, 15) is 9.59 Å². The van der Waals surface area contributed by atoms with Gasteiger partial charge >= 0.3 is 0 Å². The highest BCUT2D eigenvalue weighted by molar-refractivity contribution is 9.10. The van der Waals surface area contributed by atoms with E-state index in [1.54, 1.807) is 6.92 Å².